The second-order valence-electron chi connectivity index (χ2n) is 5.06. The number of carbonyl (C=O) groups excluding carboxylic acids is 1. The summed E-state index contributed by atoms with van der Waals surface area (Å²) < 4.78 is 19.5. The van der Waals surface area contributed by atoms with Crippen LogP contribution in [0.3, 0.4) is 0 Å². The van der Waals surface area contributed by atoms with Crippen molar-refractivity contribution in [3.8, 4) is 0 Å². The highest BCUT2D eigenvalue weighted by molar-refractivity contribution is 6.31. The van der Waals surface area contributed by atoms with E-state index in [1.165, 1.54) is 18.3 Å². The van der Waals surface area contributed by atoms with Gasteiger partial charge in [-0.15, -0.1) is 0 Å². The van der Waals surface area contributed by atoms with Crippen molar-refractivity contribution in [2.75, 3.05) is 0 Å². The number of carbonyl (C=O) groups is 1. The molecule has 3 aromatic rings. The third-order valence-corrected chi connectivity index (χ3v) is 3.67. The molecule has 0 saturated heterocycles. The van der Waals surface area contributed by atoms with Gasteiger partial charge in [0.1, 0.15) is 12.4 Å². The van der Waals surface area contributed by atoms with Crippen LogP contribution in [0.15, 0.2) is 55.0 Å². The van der Waals surface area contributed by atoms with Crippen molar-refractivity contribution < 1.29 is 13.9 Å². The molecule has 0 radical (unpaired) electrons. The molecule has 1 aromatic carbocycles. The summed E-state index contributed by atoms with van der Waals surface area (Å²) >= 11 is 6.11. The number of ether oxygens (including phenoxy) is 1. The van der Waals surface area contributed by atoms with Gasteiger partial charge < -0.3 is 4.74 Å². The number of pyridine rings is 1. The molecule has 24 heavy (non-hydrogen) atoms. The van der Waals surface area contributed by atoms with Crippen LogP contribution in [-0.2, 0) is 17.9 Å². The number of aromatic nitrogens is 3. The van der Waals surface area contributed by atoms with Gasteiger partial charge in [-0.05, 0) is 23.8 Å². The van der Waals surface area contributed by atoms with Gasteiger partial charge in [-0.3, -0.25) is 9.67 Å². The van der Waals surface area contributed by atoms with Crippen molar-refractivity contribution in [3.63, 3.8) is 0 Å². The highest BCUT2D eigenvalue weighted by Crippen LogP contribution is 2.16. The molecule has 0 spiro atoms. The minimum Gasteiger partial charge on any atom is -0.455 e. The van der Waals surface area contributed by atoms with E-state index in [2.05, 4.69) is 10.1 Å². The van der Waals surface area contributed by atoms with Crippen molar-refractivity contribution in [1.82, 2.24) is 14.8 Å². The highest BCUT2D eigenvalue weighted by atomic mass is 35.5. The molecule has 2 aromatic heterocycles. The third-order valence-electron chi connectivity index (χ3n) is 3.30. The summed E-state index contributed by atoms with van der Waals surface area (Å²) in [5.74, 6) is -0.961. The maximum absolute atomic E-state index is 12.8. The van der Waals surface area contributed by atoms with Gasteiger partial charge in [0.25, 0.3) is 0 Å². The molecule has 0 bridgehead atoms. The average Bonchev–Trinajstić information content (AvgIpc) is 3.05. The molecule has 0 N–H and O–H groups in total. The fourth-order valence-electron chi connectivity index (χ4n) is 2.07. The summed E-state index contributed by atoms with van der Waals surface area (Å²) in [6, 6.07) is 10.1. The van der Waals surface area contributed by atoms with E-state index < -0.39 is 11.8 Å². The summed E-state index contributed by atoms with van der Waals surface area (Å²) in [5, 5.41) is 4.77. The SMILES string of the molecule is O=C(OCc1ccc(F)cn1)c1cnn(Cc2ccccc2Cl)c1. The predicted molar refractivity (Wildman–Crippen MR) is 86.1 cm³/mol. The smallest absolute Gasteiger partial charge is 0.341 e. The summed E-state index contributed by atoms with van der Waals surface area (Å²) in [4.78, 5) is 15.8. The molecule has 3 rings (SSSR count). The number of hydrogen-bond acceptors (Lipinski definition) is 4. The maximum atomic E-state index is 12.8. The molecule has 0 aliphatic rings. The minimum absolute atomic E-state index is 0.0329. The maximum Gasteiger partial charge on any atom is 0.341 e. The molecule has 0 unspecified atom stereocenters. The quantitative estimate of drug-likeness (QED) is 0.664. The largest absolute Gasteiger partial charge is 0.455 e. The van der Waals surface area contributed by atoms with Crippen molar-refractivity contribution in [2.24, 2.45) is 0 Å². The van der Waals surface area contributed by atoms with E-state index in [1.54, 1.807) is 16.9 Å². The first-order valence-electron chi connectivity index (χ1n) is 7.15. The standard InChI is InChI=1S/C17H13ClFN3O2/c18-16-4-2-1-3-12(16)9-22-10-13(7-21-22)17(23)24-11-15-6-5-14(19)8-20-15/h1-8,10H,9,11H2. The molecule has 5 nitrogen and oxygen atoms in total. The van der Waals surface area contributed by atoms with Gasteiger partial charge in [0.15, 0.2) is 0 Å². The zero-order chi connectivity index (χ0) is 16.9. The Labute approximate surface area is 142 Å². The Morgan fingerprint density at radius 3 is 2.79 bits per heavy atom. The first-order chi connectivity index (χ1) is 11.6. The minimum atomic E-state index is -0.522. The van der Waals surface area contributed by atoms with Gasteiger partial charge in [-0.2, -0.15) is 5.10 Å². The van der Waals surface area contributed by atoms with Crippen LogP contribution in [0.2, 0.25) is 5.02 Å². The highest BCUT2D eigenvalue weighted by Gasteiger charge is 2.11. The van der Waals surface area contributed by atoms with Gasteiger partial charge in [0.05, 0.1) is 30.2 Å². The Morgan fingerprint density at radius 1 is 1.21 bits per heavy atom. The Bertz CT molecular complexity index is 849. The zero-order valence-corrected chi connectivity index (χ0v) is 13.3. The van der Waals surface area contributed by atoms with Crippen LogP contribution < -0.4 is 0 Å². The summed E-state index contributed by atoms with van der Waals surface area (Å²) in [6.45, 7) is 0.418. The van der Waals surface area contributed by atoms with E-state index in [0.29, 0.717) is 22.8 Å². The van der Waals surface area contributed by atoms with Gasteiger partial charge in [0, 0.05) is 11.2 Å². The fraction of sp³-hybridized carbons (Fsp3) is 0.118. The van der Waals surface area contributed by atoms with Crippen molar-refractivity contribution in [2.45, 2.75) is 13.2 Å². The van der Waals surface area contributed by atoms with Crippen LogP contribution in [0.4, 0.5) is 4.39 Å². The molecule has 7 heteroatoms. The molecule has 2 heterocycles. The van der Waals surface area contributed by atoms with Crippen LogP contribution in [0.25, 0.3) is 0 Å². The van der Waals surface area contributed by atoms with Gasteiger partial charge in [-0.1, -0.05) is 29.8 Å². The topological polar surface area (TPSA) is 57.0 Å². The van der Waals surface area contributed by atoms with Crippen molar-refractivity contribution >= 4 is 17.6 Å². The molecular weight excluding hydrogens is 333 g/mol. The molecule has 122 valence electrons. The normalized spacial score (nSPS) is 10.6. The fourth-order valence-corrected chi connectivity index (χ4v) is 2.27. The second-order valence-corrected chi connectivity index (χ2v) is 5.47. The molecule has 0 amide bonds. The number of halogens is 2. The van der Waals surface area contributed by atoms with Crippen LogP contribution in [-0.4, -0.2) is 20.7 Å². The lowest BCUT2D eigenvalue weighted by Crippen LogP contribution is -2.06. The van der Waals surface area contributed by atoms with E-state index in [4.69, 9.17) is 16.3 Å². The average molecular weight is 346 g/mol. The second kappa shape index (κ2) is 7.23. The molecule has 0 fully saturated rings. The lowest BCUT2D eigenvalue weighted by molar-refractivity contribution is 0.0467. The van der Waals surface area contributed by atoms with E-state index >= 15 is 0 Å². The van der Waals surface area contributed by atoms with Crippen molar-refractivity contribution in [1.29, 1.82) is 0 Å². The van der Waals surface area contributed by atoms with E-state index in [1.807, 2.05) is 18.2 Å². The van der Waals surface area contributed by atoms with E-state index in [0.717, 1.165) is 11.8 Å². The summed E-state index contributed by atoms with van der Waals surface area (Å²) in [6.07, 6.45) is 4.09. The van der Waals surface area contributed by atoms with Crippen LogP contribution in [0.5, 0.6) is 0 Å². The molecule has 0 atom stereocenters. The van der Waals surface area contributed by atoms with Crippen LogP contribution in [0, 0.1) is 5.82 Å². The number of hydrogen-bond donors (Lipinski definition) is 0. The van der Waals surface area contributed by atoms with Crippen molar-refractivity contribution in [3.05, 3.63) is 82.6 Å². The first kappa shape index (κ1) is 16.1. The number of esters is 1. The Morgan fingerprint density at radius 2 is 2.04 bits per heavy atom. The van der Waals surface area contributed by atoms with E-state index in [9.17, 15) is 9.18 Å². The van der Waals surface area contributed by atoms with Gasteiger partial charge >= 0.3 is 5.97 Å². The van der Waals surface area contributed by atoms with Gasteiger partial charge in [-0.25, -0.2) is 9.18 Å². The molecule has 0 aliphatic heterocycles. The number of benzene rings is 1. The monoisotopic (exact) mass is 345 g/mol. The van der Waals surface area contributed by atoms with Gasteiger partial charge in [0.2, 0.25) is 0 Å². The van der Waals surface area contributed by atoms with E-state index in [-0.39, 0.29) is 6.61 Å². The number of nitrogens with zero attached hydrogens (tertiary/aromatic N) is 3. The predicted octanol–water partition coefficient (Wildman–Crippen LogP) is 3.48. The zero-order valence-electron chi connectivity index (χ0n) is 12.5. The Hall–Kier alpha value is -2.73. The lowest BCUT2D eigenvalue weighted by atomic mass is 10.2. The molecular formula is C17H13ClFN3O2. The lowest BCUT2D eigenvalue weighted by Gasteiger charge is -2.04. The van der Waals surface area contributed by atoms with Crippen LogP contribution >= 0.6 is 11.6 Å². The number of rotatable bonds is 5. The first-order valence-corrected chi connectivity index (χ1v) is 7.53. The van der Waals surface area contributed by atoms with Crippen LogP contribution in [0.1, 0.15) is 21.6 Å². The molecule has 0 saturated carbocycles. The third kappa shape index (κ3) is 3.97. The Kier molecular flexibility index (Phi) is 4.86. The molecule has 0 aliphatic carbocycles. The summed E-state index contributed by atoms with van der Waals surface area (Å²) in [7, 11) is 0. The Balaban J connectivity index is 1.61. The summed E-state index contributed by atoms with van der Waals surface area (Å²) in [5.41, 5.74) is 1.69.